The summed E-state index contributed by atoms with van der Waals surface area (Å²) < 4.78 is 0. The summed E-state index contributed by atoms with van der Waals surface area (Å²) in [5, 5.41) is 4.44. The van der Waals surface area contributed by atoms with Gasteiger partial charge in [0.1, 0.15) is 0 Å². The smallest absolute Gasteiger partial charge is 0.254 e. The minimum Gasteiger partial charge on any atom is -0.339 e. The minimum atomic E-state index is 0.126. The predicted octanol–water partition coefficient (Wildman–Crippen LogP) is 3.68. The van der Waals surface area contributed by atoms with Gasteiger partial charge >= 0.3 is 0 Å². The Kier molecular flexibility index (Phi) is 4.76. The molecule has 1 N–H and O–H groups in total. The molecular weight excluding hydrogens is 360 g/mol. The quantitative estimate of drug-likeness (QED) is 0.730. The number of aryl methyl sites for hydroxylation is 1. The number of amides is 1. The van der Waals surface area contributed by atoms with Gasteiger partial charge in [-0.2, -0.15) is 0 Å². The molecule has 2 aliphatic rings. The first-order valence-electron chi connectivity index (χ1n) is 10.5. The molecule has 2 saturated heterocycles. The molecule has 1 aromatic carbocycles. The molecule has 29 heavy (non-hydrogen) atoms. The molecule has 148 valence electrons. The fraction of sp³-hybridized carbons (Fsp3) is 0.375. The van der Waals surface area contributed by atoms with E-state index in [9.17, 15) is 4.79 Å². The second kappa shape index (κ2) is 7.56. The Morgan fingerprint density at radius 2 is 1.90 bits per heavy atom. The van der Waals surface area contributed by atoms with E-state index in [2.05, 4.69) is 34.3 Å². The summed E-state index contributed by atoms with van der Waals surface area (Å²) in [5.41, 5.74) is 4.48. The summed E-state index contributed by atoms with van der Waals surface area (Å²) >= 11 is 0. The van der Waals surface area contributed by atoms with E-state index < -0.39 is 0 Å². The van der Waals surface area contributed by atoms with Crippen molar-refractivity contribution in [3.63, 3.8) is 0 Å². The number of aromatic nitrogens is 2. The molecule has 0 bridgehead atoms. The largest absolute Gasteiger partial charge is 0.339 e. The van der Waals surface area contributed by atoms with Gasteiger partial charge in [-0.3, -0.25) is 9.78 Å². The molecule has 2 aromatic heterocycles. The summed E-state index contributed by atoms with van der Waals surface area (Å²) in [7, 11) is 0. The third-order valence-electron chi connectivity index (χ3n) is 6.46. The summed E-state index contributed by atoms with van der Waals surface area (Å²) in [6.45, 7) is 5.91. The zero-order valence-corrected chi connectivity index (χ0v) is 16.8. The molecule has 2 atom stereocenters. The lowest BCUT2D eigenvalue weighted by molar-refractivity contribution is 0.0760. The highest BCUT2D eigenvalue weighted by Gasteiger charge is 2.32. The van der Waals surface area contributed by atoms with Gasteiger partial charge in [0, 0.05) is 36.4 Å². The third-order valence-corrected chi connectivity index (χ3v) is 6.46. The molecule has 3 aromatic rings. The van der Waals surface area contributed by atoms with Gasteiger partial charge in [0.2, 0.25) is 0 Å². The van der Waals surface area contributed by atoms with Crippen molar-refractivity contribution in [2.45, 2.75) is 19.8 Å². The number of carbonyl (C=O) groups is 1. The van der Waals surface area contributed by atoms with Crippen molar-refractivity contribution < 1.29 is 4.79 Å². The molecule has 4 heterocycles. The summed E-state index contributed by atoms with van der Waals surface area (Å²) in [6.07, 6.45) is 5.72. The molecule has 5 rings (SSSR count). The Morgan fingerprint density at radius 1 is 1.10 bits per heavy atom. The van der Waals surface area contributed by atoms with E-state index in [4.69, 9.17) is 4.98 Å². The second-order valence-corrected chi connectivity index (χ2v) is 8.37. The maximum atomic E-state index is 13.6. The number of carbonyl (C=O) groups excluding carboxylic acids is 1. The monoisotopic (exact) mass is 386 g/mol. The molecule has 2 aliphatic heterocycles. The fourth-order valence-electron chi connectivity index (χ4n) is 4.77. The van der Waals surface area contributed by atoms with Gasteiger partial charge in [-0.1, -0.05) is 11.6 Å². The van der Waals surface area contributed by atoms with Crippen LogP contribution in [0.4, 0.5) is 0 Å². The minimum absolute atomic E-state index is 0.126. The topological polar surface area (TPSA) is 58.1 Å². The van der Waals surface area contributed by atoms with Crippen LogP contribution in [0.5, 0.6) is 0 Å². The van der Waals surface area contributed by atoms with Crippen LogP contribution in [-0.2, 0) is 0 Å². The van der Waals surface area contributed by atoms with Gasteiger partial charge in [0.05, 0.1) is 16.8 Å². The Bertz CT molecular complexity index is 1040. The van der Waals surface area contributed by atoms with Crippen molar-refractivity contribution in [1.29, 1.82) is 0 Å². The molecule has 5 heteroatoms. The van der Waals surface area contributed by atoms with Crippen molar-refractivity contribution in [2.75, 3.05) is 26.2 Å². The molecule has 0 saturated carbocycles. The van der Waals surface area contributed by atoms with Gasteiger partial charge in [-0.15, -0.1) is 0 Å². The van der Waals surface area contributed by atoms with Crippen LogP contribution in [-0.4, -0.2) is 47.0 Å². The molecule has 0 radical (unpaired) electrons. The summed E-state index contributed by atoms with van der Waals surface area (Å²) in [6, 6.07) is 12.0. The Balaban J connectivity index is 1.55. The highest BCUT2D eigenvalue weighted by atomic mass is 16.2. The molecule has 0 spiro atoms. The SMILES string of the molecule is Cc1ccc2nc(-c3cccnc3)cc(C(=O)N3CC[C@@H]4CNC[C@@H]4CC3)c2c1. The van der Waals surface area contributed by atoms with Crippen molar-refractivity contribution in [2.24, 2.45) is 11.8 Å². The lowest BCUT2D eigenvalue weighted by Gasteiger charge is -2.22. The first kappa shape index (κ1) is 18.3. The predicted molar refractivity (Wildman–Crippen MR) is 115 cm³/mol. The van der Waals surface area contributed by atoms with E-state index in [0.29, 0.717) is 11.8 Å². The number of nitrogens with zero attached hydrogens (tertiary/aromatic N) is 3. The number of nitrogens with one attached hydrogen (secondary N) is 1. The number of benzene rings is 1. The zero-order chi connectivity index (χ0) is 19.8. The van der Waals surface area contributed by atoms with Crippen LogP contribution in [0.15, 0.2) is 48.8 Å². The van der Waals surface area contributed by atoms with Gasteiger partial charge in [0.15, 0.2) is 0 Å². The number of fused-ring (bicyclic) bond motifs is 2. The van der Waals surface area contributed by atoms with E-state index in [1.165, 1.54) is 0 Å². The van der Waals surface area contributed by atoms with Crippen LogP contribution in [0.3, 0.4) is 0 Å². The van der Waals surface area contributed by atoms with Crippen LogP contribution < -0.4 is 5.32 Å². The van der Waals surface area contributed by atoms with Crippen LogP contribution in [0.1, 0.15) is 28.8 Å². The molecule has 0 aliphatic carbocycles. The van der Waals surface area contributed by atoms with E-state index >= 15 is 0 Å². The molecular formula is C24H26N4O. The van der Waals surface area contributed by atoms with Crippen molar-refractivity contribution in [1.82, 2.24) is 20.2 Å². The van der Waals surface area contributed by atoms with E-state index in [-0.39, 0.29) is 5.91 Å². The first-order valence-corrected chi connectivity index (χ1v) is 10.5. The van der Waals surface area contributed by atoms with E-state index in [1.54, 1.807) is 12.4 Å². The molecule has 5 nitrogen and oxygen atoms in total. The number of hydrogen-bond donors (Lipinski definition) is 1. The maximum Gasteiger partial charge on any atom is 0.254 e. The van der Waals surface area contributed by atoms with Crippen LogP contribution in [0, 0.1) is 18.8 Å². The van der Waals surface area contributed by atoms with Crippen molar-refractivity contribution >= 4 is 16.8 Å². The number of pyridine rings is 2. The van der Waals surface area contributed by atoms with Crippen LogP contribution >= 0.6 is 0 Å². The number of rotatable bonds is 2. The zero-order valence-electron chi connectivity index (χ0n) is 16.8. The number of hydrogen-bond acceptors (Lipinski definition) is 4. The second-order valence-electron chi connectivity index (χ2n) is 8.37. The maximum absolute atomic E-state index is 13.6. The molecule has 1 amide bonds. The Hall–Kier alpha value is -2.79. The van der Waals surface area contributed by atoms with Crippen molar-refractivity contribution in [3.8, 4) is 11.3 Å². The van der Waals surface area contributed by atoms with Gasteiger partial charge in [0.25, 0.3) is 5.91 Å². The standard InChI is InChI=1S/C24H26N4O/c1-16-4-5-22-20(11-16)21(12-23(27-22)19-3-2-8-25-15-19)24(29)28-9-6-17-13-26-14-18(17)7-10-28/h2-5,8,11-12,15,17-18,26H,6-7,9-10,13-14H2,1H3/t17-,18+. The van der Waals surface area contributed by atoms with E-state index in [0.717, 1.165) is 72.3 Å². The lowest BCUT2D eigenvalue weighted by Crippen LogP contribution is -2.33. The molecule has 2 fully saturated rings. The highest BCUT2D eigenvalue weighted by Crippen LogP contribution is 2.30. The van der Waals surface area contributed by atoms with Crippen LogP contribution in [0.2, 0.25) is 0 Å². The third kappa shape index (κ3) is 3.51. The highest BCUT2D eigenvalue weighted by molar-refractivity contribution is 6.07. The van der Waals surface area contributed by atoms with Gasteiger partial charge < -0.3 is 10.2 Å². The van der Waals surface area contributed by atoms with Crippen LogP contribution in [0.25, 0.3) is 22.2 Å². The first-order chi connectivity index (χ1) is 14.2. The average Bonchev–Trinajstić information content (AvgIpc) is 3.11. The summed E-state index contributed by atoms with van der Waals surface area (Å²) in [4.78, 5) is 24.7. The molecule has 0 unspecified atom stereocenters. The van der Waals surface area contributed by atoms with Crippen molar-refractivity contribution in [3.05, 3.63) is 59.9 Å². The van der Waals surface area contributed by atoms with E-state index in [1.807, 2.05) is 24.3 Å². The van der Waals surface area contributed by atoms with Gasteiger partial charge in [-0.25, -0.2) is 4.98 Å². The Labute approximate surface area is 171 Å². The summed E-state index contributed by atoms with van der Waals surface area (Å²) in [5.74, 6) is 1.53. The Morgan fingerprint density at radius 3 is 2.62 bits per heavy atom. The lowest BCUT2D eigenvalue weighted by atomic mass is 9.92. The van der Waals surface area contributed by atoms with Gasteiger partial charge in [-0.05, 0) is 75.0 Å². The normalized spacial score (nSPS) is 21.8. The fourth-order valence-corrected chi connectivity index (χ4v) is 4.77. The average molecular weight is 386 g/mol. The number of likely N-dealkylation sites (tertiary alicyclic amines) is 1.